The molecule has 7 nitrogen and oxygen atoms in total. The summed E-state index contributed by atoms with van der Waals surface area (Å²) in [4.78, 5) is 25.7. The first-order chi connectivity index (χ1) is 16.3. The van der Waals surface area contributed by atoms with Crippen LogP contribution in [-0.4, -0.2) is 33.5 Å². The van der Waals surface area contributed by atoms with Gasteiger partial charge in [0.1, 0.15) is 0 Å². The molecular weight excluding hydrogens is 442 g/mol. The lowest BCUT2D eigenvalue weighted by Crippen LogP contribution is -2.50. The molecule has 1 amide bonds. The third-order valence-electron chi connectivity index (χ3n) is 6.86. The summed E-state index contributed by atoms with van der Waals surface area (Å²) in [6.07, 6.45) is 5.69. The van der Waals surface area contributed by atoms with Crippen LogP contribution in [0.25, 0.3) is 11.5 Å². The number of hydrogen-bond donors (Lipinski definition) is 2. The van der Waals surface area contributed by atoms with Crippen LogP contribution < -0.4 is 11.1 Å². The van der Waals surface area contributed by atoms with Crippen LogP contribution >= 0.6 is 0 Å². The van der Waals surface area contributed by atoms with Gasteiger partial charge in [-0.1, -0.05) is 25.0 Å². The first kappa shape index (κ1) is 24.2. The second-order valence-electron chi connectivity index (χ2n) is 9.35. The van der Waals surface area contributed by atoms with Crippen molar-refractivity contribution < 1.29 is 22.8 Å². The van der Waals surface area contributed by atoms with Crippen LogP contribution in [0.4, 0.5) is 8.78 Å². The van der Waals surface area contributed by atoms with Gasteiger partial charge in [0.05, 0.1) is 5.54 Å². The van der Waals surface area contributed by atoms with Crippen LogP contribution in [0, 0.1) is 5.92 Å². The van der Waals surface area contributed by atoms with E-state index in [9.17, 15) is 18.4 Å². The van der Waals surface area contributed by atoms with Gasteiger partial charge in [-0.3, -0.25) is 9.59 Å². The molecule has 0 spiro atoms. The summed E-state index contributed by atoms with van der Waals surface area (Å²) in [7, 11) is 0. The number of halogens is 2. The van der Waals surface area contributed by atoms with E-state index < -0.39 is 17.9 Å². The molecule has 0 aliphatic heterocycles. The topological polar surface area (TPSA) is 111 Å². The smallest absolute Gasteiger partial charge is 0.314 e. The second kappa shape index (κ2) is 10.1. The first-order valence-corrected chi connectivity index (χ1v) is 11.8. The van der Waals surface area contributed by atoms with Gasteiger partial charge < -0.3 is 15.5 Å². The summed E-state index contributed by atoms with van der Waals surface area (Å²) in [5.41, 5.74) is 7.03. The number of carbonyl (C=O) groups is 2. The van der Waals surface area contributed by atoms with Gasteiger partial charge >= 0.3 is 6.43 Å². The average molecular weight is 473 g/mol. The molecule has 2 aliphatic carbocycles. The highest BCUT2D eigenvalue weighted by atomic mass is 19.3. The molecule has 182 valence electrons. The van der Waals surface area contributed by atoms with Gasteiger partial charge in [-0.15, -0.1) is 16.8 Å². The number of benzene rings is 1. The molecule has 2 fully saturated rings. The predicted octanol–water partition coefficient (Wildman–Crippen LogP) is 4.53. The number of amides is 1. The van der Waals surface area contributed by atoms with Gasteiger partial charge in [-0.25, -0.2) is 0 Å². The molecule has 0 saturated heterocycles. The summed E-state index contributed by atoms with van der Waals surface area (Å²) in [5, 5.41) is 10.2. The van der Waals surface area contributed by atoms with E-state index in [-0.39, 0.29) is 29.5 Å². The summed E-state index contributed by atoms with van der Waals surface area (Å²) in [6.45, 7) is 3.76. The molecule has 1 unspecified atom stereocenters. The minimum atomic E-state index is -2.86. The van der Waals surface area contributed by atoms with Crippen LogP contribution in [-0.2, 0) is 11.2 Å². The first-order valence-electron chi connectivity index (χ1n) is 11.8. The molecule has 2 saturated carbocycles. The van der Waals surface area contributed by atoms with Crippen LogP contribution in [0.2, 0.25) is 0 Å². The number of nitrogens with one attached hydrogen (secondary N) is 1. The van der Waals surface area contributed by atoms with Crippen molar-refractivity contribution in [3.8, 4) is 11.5 Å². The molecule has 9 heteroatoms. The second-order valence-corrected chi connectivity index (χ2v) is 9.35. The van der Waals surface area contributed by atoms with Crippen molar-refractivity contribution in [2.45, 2.75) is 75.8 Å². The standard InChI is InChI=1S/C25H30F2N4O3/c1-2-5-15-8-9-17(22-30-31-23(34-22)21(26)27)14-18(15)20(32)11-10-16-6-3-4-7-19(16)29-24(33)25(28)12-13-25/h2,8-9,14,16,19,21H,1,3-7,10-13,28H2,(H,29,33)/t16?,19-/m1/s1. The van der Waals surface area contributed by atoms with E-state index >= 15 is 0 Å². The number of rotatable bonds is 10. The third kappa shape index (κ3) is 5.41. The van der Waals surface area contributed by atoms with E-state index in [2.05, 4.69) is 22.1 Å². The molecule has 2 aliphatic rings. The molecule has 2 aromatic rings. The molecule has 4 rings (SSSR count). The van der Waals surface area contributed by atoms with E-state index in [4.69, 9.17) is 10.2 Å². The van der Waals surface area contributed by atoms with Crippen molar-refractivity contribution in [1.82, 2.24) is 15.5 Å². The Morgan fingerprint density at radius 2 is 2.03 bits per heavy atom. The molecule has 0 radical (unpaired) electrons. The zero-order valence-electron chi connectivity index (χ0n) is 19.1. The number of hydrogen-bond acceptors (Lipinski definition) is 6. The lowest BCUT2D eigenvalue weighted by Gasteiger charge is -2.33. The van der Waals surface area contributed by atoms with Crippen LogP contribution in [0.1, 0.15) is 79.6 Å². The largest absolute Gasteiger partial charge is 0.415 e. The lowest BCUT2D eigenvalue weighted by atomic mass is 9.80. The minimum absolute atomic E-state index is 0.0280. The molecule has 34 heavy (non-hydrogen) atoms. The number of carbonyl (C=O) groups excluding carboxylic acids is 2. The highest BCUT2D eigenvalue weighted by Crippen LogP contribution is 2.35. The van der Waals surface area contributed by atoms with Gasteiger partial charge in [-0.05, 0) is 62.1 Å². The molecule has 2 atom stereocenters. The third-order valence-corrected chi connectivity index (χ3v) is 6.86. The van der Waals surface area contributed by atoms with Crippen LogP contribution in [0.3, 0.4) is 0 Å². The van der Waals surface area contributed by atoms with E-state index in [1.165, 1.54) is 0 Å². The normalized spacial score (nSPS) is 21.3. The zero-order chi connectivity index (χ0) is 24.3. The number of nitrogens with zero attached hydrogens (tertiary/aromatic N) is 2. The SMILES string of the molecule is C=CCc1ccc(-c2nnc(C(F)F)o2)cc1C(=O)CCC1CCCC[C@H]1NC(=O)C1(N)CC1. The number of nitrogens with two attached hydrogens (primary N) is 1. The van der Waals surface area contributed by atoms with E-state index in [1.807, 2.05) is 0 Å². The van der Waals surface area contributed by atoms with Crippen molar-refractivity contribution in [3.05, 3.63) is 47.9 Å². The fraction of sp³-hybridized carbons (Fsp3) is 0.520. The van der Waals surface area contributed by atoms with Gasteiger partial charge in [0.2, 0.25) is 11.8 Å². The van der Waals surface area contributed by atoms with Gasteiger partial charge in [-0.2, -0.15) is 8.78 Å². The van der Waals surface area contributed by atoms with E-state index in [0.717, 1.165) is 44.1 Å². The Hall–Kier alpha value is -2.94. The number of allylic oxidation sites excluding steroid dienone is 1. The molecule has 1 heterocycles. The molecule has 1 aromatic carbocycles. The highest BCUT2D eigenvalue weighted by molar-refractivity contribution is 5.98. The number of aromatic nitrogens is 2. The Morgan fingerprint density at radius 3 is 2.71 bits per heavy atom. The van der Waals surface area contributed by atoms with Crippen LogP contribution in [0.15, 0.2) is 35.3 Å². The maximum atomic E-state index is 13.2. The summed E-state index contributed by atoms with van der Waals surface area (Å²) < 4.78 is 30.7. The lowest BCUT2D eigenvalue weighted by molar-refractivity contribution is -0.124. The number of Topliss-reactive ketones (excluding diaryl/α,β-unsaturated/α-hetero) is 1. The Labute approximate surface area is 197 Å². The maximum absolute atomic E-state index is 13.2. The number of alkyl halides is 2. The summed E-state index contributed by atoms with van der Waals surface area (Å²) >= 11 is 0. The van der Waals surface area contributed by atoms with Crippen molar-refractivity contribution in [2.24, 2.45) is 11.7 Å². The molecule has 1 aromatic heterocycles. The van der Waals surface area contributed by atoms with Gasteiger partial charge in [0, 0.05) is 23.6 Å². The Bertz CT molecular complexity index is 1060. The van der Waals surface area contributed by atoms with E-state index in [1.54, 1.807) is 24.3 Å². The molecular formula is C25H30F2N4O3. The van der Waals surface area contributed by atoms with E-state index in [0.29, 0.717) is 30.4 Å². The summed E-state index contributed by atoms with van der Waals surface area (Å²) in [6, 6.07) is 5.08. The predicted molar refractivity (Wildman–Crippen MR) is 122 cm³/mol. The summed E-state index contributed by atoms with van der Waals surface area (Å²) in [5.74, 6) is -0.742. The average Bonchev–Trinajstić information content (AvgIpc) is 3.38. The molecule has 0 bridgehead atoms. The Kier molecular flexibility index (Phi) is 7.21. The fourth-order valence-corrected chi connectivity index (χ4v) is 4.61. The van der Waals surface area contributed by atoms with Gasteiger partial charge in [0.15, 0.2) is 5.78 Å². The maximum Gasteiger partial charge on any atom is 0.314 e. The molecule has 3 N–H and O–H groups in total. The quantitative estimate of drug-likeness (QED) is 0.388. The van der Waals surface area contributed by atoms with Crippen molar-refractivity contribution >= 4 is 11.7 Å². The van der Waals surface area contributed by atoms with Crippen molar-refractivity contribution in [3.63, 3.8) is 0 Å². The van der Waals surface area contributed by atoms with Crippen molar-refractivity contribution in [2.75, 3.05) is 0 Å². The Morgan fingerprint density at radius 1 is 1.26 bits per heavy atom. The van der Waals surface area contributed by atoms with Crippen molar-refractivity contribution in [1.29, 1.82) is 0 Å². The fourth-order valence-electron chi connectivity index (χ4n) is 4.61. The Balaban J connectivity index is 1.47. The monoisotopic (exact) mass is 472 g/mol. The zero-order valence-corrected chi connectivity index (χ0v) is 19.1. The number of ketones is 1. The van der Waals surface area contributed by atoms with Crippen LogP contribution in [0.5, 0.6) is 0 Å². The highest BCUT2D eigenvalue weighted by Gasteiger charge is 2.47. The minimum Gasteiger partial charge on any atom is -0.415 e. The van der Waals surface area contributed by atoms with Gasteiger partial charge in [0.25, 0.3) is 5.89 Å².